The minimum Gasteiger partial charge on any atom is -0.756 e. The summed E-state index contributed by atoms with van der Waals surface area (Å²) in [7, 11) is 1.17. The van der Waals surface area contributed by atoms with E-state index >= 15 is 0 Å². The number of unbranched alkanes of at least 4 members (excludes halogenated alkanes) is 23. The third kappa shape index (κ3) is 37.1. The normalized spacial score (nSPS) is 13.6. The van der Waals surface area contributed by atoms with Gasteiger partial charge in [-0.3, -0.25) is 14.2 Å². The molecule has 298 valence electrons. The summed E-state index contributed by atoms with van der Waals surface area (Å²) in [5, 5.41) is 0. The molecule has 0 fully saturated rings. The molecule has 0 aliphatic rings. The largest absolute Gasteiger partial charge is 0.756 e. The van der Waals surface area contributed by atoms with Crippen LogP contribution in [-0.4, -0.2) is 75.8 Å². The van der Waals surface area contributed by atoms with Crippen LogP contribution in [0.2, 0.25) is 0 Å². The molecule has 0 aliphatic carbocycles. The Labute approximate surface area is 313 Å². The van der Waals surface area contributed by atoms with Gasteiger partial charge in [-0.1, -0.05) is 148 Å². The molecule has 9 nitrogen and oxygen atoms in total. The van der Waals surface area contributed by atoms with Crippen LogP contribution >= 0.6 is 20.5 Å². The molecule has 0 bridgehead atoms. The topological polar surface area (TPSA) is 111 Å². The summed E-state index contributed by atoms with van der Waals surface area (Å²) in [5.74, 6) is 0.155. The highest BCUT2D eigenvalue weighted by Gasteiger charge is 2.21. The Bertz CT molecular complexity index is 841. The van der Waals surface area contributed by atoms with E-state index in [1.807, 2.05) is 21.1 Å². The van der Waals surface area contributed by atoms with Crippen molar-refractivity contribution >= 4 is 32.4 Å². The fraction of sp³-hybridized carbons (Fsp3) is 0.949. The van der Waals surface area contributed by atoms with Crippen LogP contribution < -0.4 is 4.89 Å². The molecule has 2 atom stereocenters. The Morgan fingerprint density at radius 1 is 0.600 bits per heavy atom. The monoisotopic (exact) mass is 752 g/mol. The van der Waals surface area contributed by atoms with Crippen molar-refractivity contribution in [2.75, 3.05) is 53.3 Å². The number of thiol groups is 1. The minimum absolute atomic E-state index is 0.0282. The number of phosphoric acid groups is 1. The lowest BCUT2D eigenvalue weighted by molar-refractivity contribution is -0.870. The van der Waals surface area contributed by atoms with Crippen molar-refractivity contribution in [3.05, 3.63) is 0 Å². The number of hydrogen-bond donors (Lipinski definition) is 1. The van der Waals surface area contributed by atoms with Gasteiger partial charge in [-0.2, -0.15) is 12.6 Å². The molecular weight excluding hydrogens is 673 g/mol. The van der Waals surface area contributed by atoms with Crippen molar-refractivity contribution in [1.29, 1.82) is 0 Å². The quantitative estimate of drug-likeness (QED) is 0.0218. The van der Waals surface area contributed by atoms with Crippen LogP contribution in [0.3, 0.4) is 0 Å². The predicted molar refractivity (Wildman–Crippen MR) is 207 cm³/mol. The molecule has 0 aromatic carbocycles. The molecule has 0 N–H and O–H groups in total. The number of nitrogens with zero attached hydrogens (tertiary/aromatic N) is 1. The average molecular weight is 752 g/mol. The zero-order valence-corrected chi connectivity index (χ0v) is 34.6. The van der Waals surface area contributed by atoms with Crippen LogP contribution in [-0.2, 0) is 32.7 Å². The highest BCUT2D eigenvalue weighted by atomic mass is 32.1. The summed E-state index contributed by atoms with van der Waals surface area (Å²) in [4.78, 5) is 37.4. The van der Waals surface area contributed by atoms with Gasteiger partial charge in [0.2, 0.25) is 0 Å². The molecular formula is C39H78NO8PS. The summed E-state index contributed by atoms with van der Waals surface area (Å²) in [6, 6.07) is 0. The van der Waals surface area contributed by atoms with Crippen LogP contribution in [0, 0.1) is 0 Å². The third-order valence-electron chi connectivity index (χ3n) is 8.93. The Morgan fingerprint density at radius 3 is 1.42 bits per heavy atom. The highest BCUT2D eigenvalue weighted by molar-refractivity contribution is 7.80. The van der Waals surface area contributed by atoms with Crippen molar-refractivity contribution in [2.24, 2.45) is 0 Å². The van der Waals surface area contributed by atoms with Gasteiger partial charge in [0.05, 0.1) is 27.7 Å². The van der Waals surface area contributed by atoms with Crippen LogP contribution in [0.4, 0.5) is 0 Å². The molecule has 0 spiro atoms. The third-order valence-corrected chi connectivity index (χ3v) is 10.2. The van der Waals surface area contributed by atoms with E-state index < -0.39 is 26.5 Å². The van der Waals surface area contributed by atoms with Gasteiger partial charge in [-0.15, -0.1) is 0 Å². The van der Waals surface area contributed by atoms with Crippen LogP contribution in [0.15, 0.2) is 0 Å². The first-order valence-corrected chi connectivity index (χ1v) is 22.4. The fourth-order valence-electron chi connectivity index (χ4n) is 5.69. The van der Waals surface area contributed by atoms with E-state index in [0.29, 0.717) is 17.4 Å². The standard InChI is InChI=1S/C39H78NO8PS/c1-5-6-7-8-9-10-11-12-15-18-21-24-27-30-38(41)45-35-37(36-47-49(43,44)46-33-32-40(2,3)4)48-39(42)31-28-25-22-19-16-13-14-17-20-23-26-29-34-50/h37H,5-36H2,1-4H3,(H-,43,44,50)/t37-/m1/s1. The molecule has 0 amide bonds. The van der Waals surface area contributed by atoms with Gasteiger partial charge in [-0.05, 0) is 25.0 Å². The van der Waals surface area contributed by atoms with Gasteiger partial charge in [0.15, 0.2) is 6.10 Å². The van der Waals surface area contributed by atoms with Gasteiger partial charge in [0, 0.05) is 12.8 Å². The molecule has 0 aromatic heterocycles. The smallest absolute Gasteiger partial charge is 0.306 e. The summed E-state index contributed by atoms with van der Waals surface area (Å²) in [5.41, 5.74) is 0. The van der Waals surface area contributed by atoms with Crippen molar-refractivity contribution < 1.29 is 42.1 Å². The van der Waals surface area contributed by atoms with Crippen molar-refractivity contribution in [1.82, 2.24) is 0 Å². The van der Waals surface area contributed by atoms with E-state index in [1.165, 1.54) is 116 Å². The lowest BCUT2D eigenvalue weighted by Crippen LogP contribution is -2.37. The van der Waals surface area contributed by atoms with E-state index in [2.05, 4.69) is 19.6 Å². The number of ether oxygens (including phenoxy) is 2. The van der Waals surface area contributed by atoms with Crippen LogP contribution in [0.25, 0.3) is 0 Å². The van der Waals surface area contributed by atoms with E-state index in [1.54, 1.807) is 0 Å². The summed E-state index contributed by atoms with van der Waals surface area (Å²) < 4.78 is 33.8. The molecule has 11 heteroatoms. The molecule has 0 saturated heterocycles. The molecule has 1 unspecified atom stereocenters. The second-order valence-electron chi connectivity index (χ2n) is 15.1. The number of quaternary nitrogens is 1. The Kier molecular flexibility index (Phi) is 33.7. The average Bonchev–Trinajstić information content (AvgIpc) is 3.06. The van der Waals surface area contributed by atoms with Crippen LogP contribution in [0.1, 0.15) is 180 Å². The second-order valence-corrected chi connectivity index (χ2v) is 17.0. The fourth-order valence-corrected chi connectivity index (χ4v) is 6.65. The van der Waals surface area contributed by atoms with Gasteiger partial charge >= 0.3 is 11.9 Å². The molecule has 0 radical (unpaired) electrons. The van der Waals surface area contributed by atoms with Crippen molar-refractivity contribution in [3.63, 3.8) is 0 Å². The molecule has 0 rings (SSSR count). The Hall–Kier alpha value is -0.640. The number of hydrogen-bond acceptors (Lipinski definition) is 9. The number of likely N-dealkylation sites (N-methyl/N-ethyl adjacent to an activating group) is 1. The number of carbonyl (C=O) groups is 2. The molecule has 0 heterocycles. The molecule has 50 heavy (non-hydrogen) atoms. The van der Waals surface area contributed by atoms with Gasteiger partial charge in [0.25, 0.3) is 7.82 Å². The van der Waals surface area contributed by atoms with E-state index in [9.17, 15) is 19.0 Å². The minimum atomic E-state index is -4.61. The first-order valence-electron chi connectivity index (χ1n) is 20.4. The first-order chi connectivity index (χ1) is 24.0. The molecule has 0 saturated carbocycles. The Balaban J connectivity index is 4.36. The highest BCUT2D eigenvalue weighted by Crippen LogP contribution is 2.38. The van der Waals surface area contributed by atoms with E-state index in [0.717, 1.165) is 44.3 Å². The lowest BCUT2D eigenvalue weighted by atomic mass is 10.0. The zero-order chi connectivity index (χ0) is 37.2. The maximum atomic E-state index is 12.6. The van der Waals surface area contributed by atoms with Crippen molar-refractivity contribution in [2.45, 2.75) is 186 Å². The Morgan fingerprint density at radius 2 is 1.00 bits per heavy atom. The van der Waals surface area contributed by atoms with E-state index in [4.69, 9.17) is 18.5 Å². The number of carbonyl (C=O) groups excluding carboxylic acids is 2. The van der Waals surface area contributed by atoms with Gasteiger partial charge in [0.1, 0.15) is 19.8 Å². The van der Waals surface area contributed by atoms with E-state index in [-0.39, 0.29) is 32.0 Å². The second kappa shape index (κ2) is 34.1. The van der Waals surface area contributed by atoms with Crippen LogP contribution in [0.5, 0.6) is 0 Å². The first kappa shape index (κ1) is 49.4. The summed E-state index contributed by atoms with van der Waals surface area (Å²) >= 11 is 4.26. The molecule has 0 aromatic rings. The number of esters is 2. The zero-order valence-electron chi connectivity index (χ0n) is 32.8. The lowest BCUT2D eigenvalue weighted by Gasteiger charge is -2.28. The maximum Gasteiger partial charge on any atom is 0.306 e. The summed E-state index contributed by atoms with van der Waals surface area (Å²) in [6.45, 7) is 1.98. The number of rotatable bonds is 38. The van der Waals surface area contributed by atoms with Gasteiger partial charge in [-0.25, -0.2) is 0 Å². The van der Waals surface area contributed by atoms with Gasteiger partial charge < -0.3 is 27.9 Å². The van der Waals surface area contributed by atoms with Crippen molar-refractivity contribution in [3.8, 4) is 0 Å². The predicted octanol–water partition coefficient (Wildman–Crippen LogP) is 10.1. The SMILES string of the molecule is CCCCCCCCCCCCCCCC(=O)OC[C@H](COP(=O)([O-])OCC[N+](C)(C)C)OC(=O)CCCCCCCCCCCCCCS. The number of phosphoric ester groups is 1. The summed E-state index contributed by atoms with van der Waals surface area (Å²) in [6.07, 6.45) is 29.5. The maximum absolute atomic E-state index is 12.6. The molecule has 0 aliphatic heterocycles.